The maximum atomic E-state index is 11.7. The second-order valence-corrected chi connectivity index (χ2v) is 5.58. The minimum Gasteiger partial charge on any atom is -0.401 e. The summed E-state index contributed by atoms with van der Waals surface area (Å²) in [5, 5.41) is 0.499. The average molecular weight is 285 g/mol. The number of hydrogen-bond donors (Lipinski definition) is 0. The Hall–Kier alpha value is -0.250. The van der Waals surface area contributed by atoms with E-state index in [4.69, 9.17) is 27.7 Å². The van der Waals surface area contributed by atoms with Gasteiger partial charge >= 0.3 is 7.82 Å². The minimum absolute atomic E-state index is 0.0842. The Bertz CT molecular complexity index is 405. The van der Waals surface area contributed by atoms with Gasteiger partial charge in [0, 0.05) is 14.2 Å². The predicted octanol–water partition coefficient (Wildman–Crippen LogP) is 4.08. The van der Waals surface area contributed by atoms with E-state index in [0.29, 0.717) is 0 Å². The van der Waals surface area contributed by atoms with Gasteiger partial charge in [-0.3, -0.25) is 9.05 Å². The molecule has 0 heterocycles. The smallest absolute Gasteiger partial charge is 0.401 e. The van der Waals surface area contributed by atoms with E-state index in [1.165, 1.54) is 14.2 Å². The van der Waals surface area contributed by atoms with Crippen LogP contribution in [0.25, 0.3) is 0 Å². The predicted molar refractivity (Wildman–Crippen MR) is 63.5 cm³/mol. The fourth-order valence-corrected chi connectivity index (χ4v) is 2.53. The van der Waals surface area contributed by atoms with Gasteiger partial charge in [0.1, 0.15) is 0 Å². The normalized spacial score (nSPS) is 11.6. The van der Waals surface area contributed by atoms with Gasteiger partial charge in [0.2, 0.25) is 0 Å². The number of phosphoric acid groups is 1. The first-order valence-electron chi connectivity index (χ1n) is 4.28. The summed E-state index contributed by atoms with van der Waals surface area (Å²) in [4.78, 5) is 0. The molecule has 0 atom stereocenters. The summed E-state index contributed by atoms with van der Waals surface area (Å²) in [5.74, 6) is 0.0842. The summed E-state index contributed by atoms with van der Waals surface area (Å²) >= 11 is 11.8. The van der Waals surface area contributed by atoms with Crippen molar-refractivity contribution in [2.75, 3.05) is 14.2 Å². The van der Waals surface area contributed by atoms with Crippen LogP contribution in [-0.2, 0) is 13.6 Å². The van der Waals surface area contributed by atoms with Crippen molar-refractivity contribution in [1.82, 2.24) is 0 Å². The van der Waals surface area contributed by atoms with Crippen LogP contribution in [0.2, 0.25) is 10.0 Å². The van der Waals surface area contributed by atoms with Crippen LogP contribution in [0.3, 0.4) is 0 Å². The molecule has 0 aliphatic heterocycles. The van der Waals surface area contributed by atoms with Crippen molar-refractivity contribution in [2.24, 2.45) is 0 Å². The van der Waals surface area contributed by atoms with Gasteiger partial charge < -0.3 is 4.52 Å². The fourth-order valence-electron chi connectivity index (χ4n) is 1.03. The van der Waals surface area contributed by atoms with E-state index in [1.54, 1.807) is 12.1 Å². The SMILES string of the molecule is COP(=O)(OC)Oc1c(Cl)cc(C)cc1Cl. The van der Waals surface area contributed by atoms with Crippen molar-refractivity contribution in [2.45, 2.75) is 6.92 Å². The third-order valence-electron chi connectivity index (χ3n) is 1.79. The molecular weight excluding hydrogens is 274 g/mol. The van der Waals surface area contributed by atoms with Gasteiger partial charge in [-0.15, -0.1) is 0 Å². The summed E-state index contributed by atoms with van der Waals surface area (Å²) < 4.78 is 26.0. The minimum atomic E-state index is -3.64. The van der Waals surface area contributed by atoms with Crippen LogP contribution in [0.15, 0.2) is 12.1 Å². The molecular formula is C9H11Cl2O4P. The van der Waals surface area contributed by atoms with Crippen LogP contribution >= 0.6 is 31.0 Å². The number of aryl methyl sites for hydroxylation is 1. The van der Waals surface area contributed by atoms with E-state index in [-0.39, 0.29) is 15.8 Å². The second kappa shape index (κ2) is 5.39. The molecule has 0 fully saturated rings. The molecule has 0 aromatic heterocycles. The van der Waals surface area contributed by atoms with E-state index in [2.05, 4.69) is 9.05 Å². The molecule has 4 nitrogen and oxygen atoms in total. The van der Waals surface area contributed by atoms with Crippen LogP contribution in [0.1, 0.15) is 5.56 Å². The zero-order valence-electron chi connectivity index (χ0n) is 8.99. The molecule has 1 aromatic carbocycles. The molecule has 0 aliphatic carbocycles. The third-order valence-corrected chi connectivity index (χ3v) is 3.66. The van der Waals surface area contributed by atoms with E-state index in [9.17, 15) is 4.57 Å². The first-order chi connectivity index (χ1) is 7.41. The maximum absolute atomic E-state index is 11.7. The lowest BCUT2D eigenvalue weighted by Gasteiger charge is -2.16. The Kier molecular flexibility index (Phi) is 4.65. The Morgan fingerprint density at radius 1 is 1.12 bits per heavy atom. The van der Waals surface area contributed by atoms with Gasteiger partial charge in [-0.2, -0.15) is 0 Å². The lowest BCUT2D eigenvalue weighted by atomic mass is 10.2. The third kappa shape index (κ3) is 3.12. The van der Waals surface area contributed by atoms with Crippen molar-refractivity contribution in [3.8, 4) is 5.75 Å². The monoisotopic (exact) mass is 284 g/mol. The van der Waals surface area contributed by atoms with Crippen molar-refractivity contribution in [1.29, 1.82) is 0 Å². The molecule has 0 bridgehead atoms. The molecule has 1 rings (SSSR count). The highest BCUT2D eigenvalue weighted by Crippen LogP contribution is 2.51. The van der Waals surface area contributed by atoms with E-state index in [1.807, 2.05) is 6.92 Å². The summed E-state index contributed by atoms with van der Waals surface area (Å²) in [5.41, 5.74) is 0.868. The molecule has 0 spiro atoms. The van der Waals surface area contributed by atoms with Crippen LogP contribution in [-0.4, -0.2) is 14.2 Å². The Balaban J connectivity index is 3.11. The number of halogens is 2. The molecule has 0 unspecified atom stereocenters. The van der Waals surface area contributed by atoms with Gasteiger partial charge in [-0.05, 0) is 24.6 Å². The molecule has 1 aromatic rings. The van der Waals surface area contributed by atoms with Gasteiger partial charge in [-0.25, -0.2) is 4.57 Å². The largest absolute Gasteiger partial charge is 0.529 e. The van der Waals surface area contributed by atoms with E-state index >= 15 is 0 Å². The van der Waals surface area contributed by atoms with Crippen molar-refractivity contribution < 1.29 is 18.1 Å². The topological polar surface area (TPSA) is 44.8 Å². The van der Waals surface area contributed by atoms with Gasteiger partial charge in [-0.1, -0.05) is 23.2 Å². The zero-order chi connectivity index (χ0) is 12.3. The summed E-state index contributed by atoms with van der Waals surface area (Å²) in [6, 6.07) is 3.27. The molecule has 0 aliphatic rings. The van der Waals surface area contributed by atoms with Crippen molar-refractivity contribution in [3.05, 3.63) is 27.7 Å². The van der Waals surface area contributed by atoms with Gasteiger partial charge in [0.25, 0.3) is 0 Å². The number of benzene rings is 1. The van der Waals surface area contributed by atoms with E-state index in [0.717, 1.165) is 5.56 Å². The van der Waals surface area contributed by atoms with E-state index < -0.39 is 7.82 Å². The number of hydrogen-bond acceptors (Lipinski definition) is 4. The molecule has 0 N–H and O–H groups in total. The van der Waals surface area contributed by atoms with Crippen LogP contribution < -0.4 is 4.52 Å². The second-order valence-electron chi connectivity index (χ2n) is 2.96. The summed E-state index contributed by atoms with van der Waals surface area (Å²) in [6.45, 7) is 1.83. The molecule has 16 heavy (non-hydrogen) atoms. The van der Waals surface area contributed by atoms with Crippen molar-refractivity contribution in [3.63, 3.8) is 0 Å². The van der Waals surface area contributed by atoms with Crippen LogP contribution in [0, 0.1) is 6.92 Å². The standard InChI is InChI=1S/C9H11Cl2O4P/c1-6-4-7(10)9(8(11)5-6)15-16(12,13-2)14-3/h4-5H,1-3H3. The first kappa shape index (κ1) is 13.8. The quantitative estimate of drug-likeness (QED) is 0.782. The maximum Gasteiger partial charge on any atom is 0.529 e. The summed E-state index contributed by atoms with van der Waals surface area (Å²) in [6.07, 6.45) is 0. The van der Waals surface area contributed by atoms with Crippen LogP contribution in [0.5, 0.6) is 5.75 Å². The Morgan fingerprint density at radius 3 is 1.94 bits per heavy atom. The molecule has 0 saturated heterocycles. The highest BCUT2D eigenvalue weighted by molar-refractivity contribution is 7.48. The molecule has 0 radical (unpaired) electrons. The number of phosphoric ester groups is 1. The Labute approximate surface area is 104 Å². The van der Waals surface area contributed by atoms with Gasteiger partial charge in [0.05, 0.1) is 10.0 Å². The molecule has 90 valence electrons. The highest BCUT2D eigenvalue weighted by Gasteiger charge is 2.27. The zero-order valence-corrected chi connectivity index (χ0v) is 11.4. The molecule has 0 amide bonds. The molecule has 7 heteroatoms. The lowest BCUT2D eigenvalue weighted by Crippen LogP contribution is -1.98. The summed E-state index contributed by atoms with van der Waals surface area (Å²) in [7, 11) is -1.22. The van der Waals surface area contributed by atoms with Crippen LogP contribution in [0.4, 0.5) is 0 Å². The van der Waals surface area contributed by atoms with Gasteiger partial charge in [0.15, 0.2) is 5.75 Å². The average Bonchev–Trinajstić information content (AvgIpc) is 2.23. The highest BCUT2D eigenvalue weighted by atomic mass is 35.5. The molecule has 0 saturated carbocycles. The number of rotatable bonds is 4. The lowest BCUT2D eigenvalue weighted by molar-refractivity contribution is 0.211. The fraction of sp³-hybridized carbons (Fsp3) is 0.333. The Morgan fingerprint density at radius 2 is 1.56 bits per heavy atom. The van der Waals surface area contributed by atoms with Crippen molar-refractivity contribution >= 4 is 31.0 Å². The first-order valence-corrected chi connectivity index (χ1v) is 6.50.